The van der Waals surface area contributed by atoms with Crippen LogP contribution >= 0.6 is 0 Å². The number of benzene rings is 2. The van der Waals surface area contributed by atoms with E-state index in [9.17, 15) is 14.9 Å². The third-order valence-corrected chi connectivity index (χ3v) is 9.02. The summed E-state index contributed by atoms with van der Waals surface area (Å²) in [5.74, 6) is 0.654. The minimum atomic E-state index is -0.287. The maximum Gasteiger partial charge on any atom is 0.291 e. The second-order valence-corrected chi connectivity index (χ2v) is 11.7. The number of nitrogens with zero attached hydrogens (tertiary/aromatic N) is 8. The van der Waals surface area contributed by atoms with Gasteiger partial charge in [0.2, 0.25) is 11.7 Å². The average molecular weight is 579 g/mol. The summed E-state index contributed by atoms with van der Waals surface area (Å²) in [6.45, 7) is 11.5. The molecule has 0 bridgehead atoms. The van der Waals surface area contributed by atoms with E-state index in [1.54, 1.807) is 4.90 Å². The zero-order valence-electron chi connectivity index (χ0n) is 25.0. The molecule has 0 radical (unpaired) electrons. The first-order valence-corrected chi connectivity index (χ1v) is 15.0. The Morgan fingerprint density at radius 2 is 1.79 bits per heavy atom. The van der Waals surface area contributed by atoms with Crippen molar-refractivity contribution in [3.8, 4) is 6.07 Å². The summed E-state index contributed by atoms with van der Waals surface area (Å²) in [6.07, 6.45) is 2.25. The van der Waals surface area contributed by atoms with E-state index in [1.165, 1.54) is 28.1 Å². The number of rotatable bonds is 5. The van der Waals surface area contributed by atoms with Gasteiger partial charge in [-0.05, 0) is 43.5 Å². The van der Waals surface area contributed by atoms with Crippen LogP contribution in [0, 0.1) is 18.3 Å². The van der Waals surface area contributed by atoms with Crippen molar-refractivity contribution >= 4 is 34.1 Å². The number of hydrogen-bond acceptors (Lipinski definition) is 8. The monoisotopic (exact) mass is 578 g/mol. The van der Waals surface area contributed by atoms with Crippen LogP contribution in [0.25, 0.3) is 10.8 Å². The molecular formula is C33H38N8O2. The molecule has 4 heterocycles. The number of amides is 2. The van der Waals surface area contributed by atoms with E-state index in [2.05, 4.69) is 77.7 Å². The summed E-state index contributed by atoms with van der Waals surface area (Å²) in [4.78, 5) is 46.5. The molecule has 2 amide bonds. The van der Waals surface area contributed by atoms with Gasteiger partial charge < -0.3 is 24.5 Å². The number of aryl methyl sites for hydroxylation is 1. The van der Waals surface area contributed by atoms with Crippen LogP contribution in [0.3, 0.4) is 0 Å². The Kier molecular flexibility index (Phi) is 8.00. The van der Waals surface area contributed by atoms with E-state index in [4.69, 9.17) is 9.97 Å². The molecule has 10 heteroatoms. The quantitative estimate of drug-likeness (QED) is 0.426. The second kappa shape index (κ2) is 12.0. The Hall–Kier alpha value is -4.49. The van der Waals surface area contributed by atoms with E-state index in [0.717, 1.165) is 43.1 Å². The molecule has 6 rings (SSSR count). The zero-order valence-corrected chi connectivity index (χ0v) is 25.0. The van der Waals surface area contributed by atoms with Crippen molar-refractivity contribution < 1.29 is 9.59 Å². The van der Waals surface area contributed by atoms with E-state index in [-0.39, 0.29) is 30.1 Å². The van der Waals surface area contributed by atoms with Crippen LogP contribution in [0.15, 0.2) is 49.1 Å². The van der Waals surface area contributed by atoms with Gasteiger partial charge in [-0.2, -0.15) is 5.26 Å². The van der Waals surface area contributed by atoms with Crippen molar-refractivity contribution in [3.63, 3.8) is 0 Å². The Morgan fingerprint density at radius 1 is 1.02 bits per heavy atom. The van der Waals surface area contributed by atoms with Gasteiger partial charge in [-0.25, -0.2) is 9.97 Å². The molecule has 0 spiro atoms. The fourth-order valence-corrected chi connectivity index (χ4v) is 6.63. The van der Waals surface area contributed by atoms with E-state index in [0.29, 0.717) is 39.3 Å². The molecule has 1 atom stereocenters. The summed E-state index contributed by atoms with van der Waals surface area (Å²) in [6, 6.07) is 14.7. The summed E-state index contributed by atoms with van der Waals surface area (Å²) in [5.41, 5.74) is 4.30. The summed E-state index contributed by atoms with van der Waals surface area (Å²) in [7, 11) is 2.06. The Labute approximate surface area is 252 Å². The molecule has 0 saturated carbocycles. The largest absolute Gasteiger partial charge is 0.365 e. The third-order valence-electron chi connectivity index (χ3n) is 9.02. The smallest absolute Gasteiger partial charge is 0.291 e. The molecule has 3 aromatic rings. The van der Waals surface area contributed by atoms with Gasteiger partial charge in [0.15, 0.2) is 0 Å². The topological polar surface area (TPSA) is 99.9 Å². The molecule has 1 aromatic heterocycles. The molecule has 2 saturated heterocycles. The number of piperazine rings is 2. The number of carbonyl (C=O) groups excluding carboxylic acids is 2. The summed E-state index contributed by atoms with van der Waals surface area (Å²) in [5, 5.41) is 12.0. The molecule has 3 aliphatic heterocycles. The van der Waals surface area contributed by atoms with Gasteiger partial charge in [-0.1, -0.05) is 36.9 Å². The first-order chi connectivity index (χ1) is 20.9. The Bertz CT molecular complexity index is 1600. The predicted molar refractivity (Wildman–Crippen MR) is 167 cm³/mol. The maximum atomic E-state index is 13.8. The van der Waals surface area contributed by atoms with Gasteiger partial charge >= 0.3 is 0 Å². The highest BCUT2D eigenvalue weighted by atomic mass is 16.2. The van der Waals surface area contributed by atoms with Gasteiger partial charge in [-0.15, -0.1) is 0 Å². The minimum Gasteiger partial charge on any atom is -0.365 e. The maximum absolute atomic E-state index is 13.8. The van der Waals surface area contributed by atoms with E-state index in [1.807, 2.05) is 4.90 Å². The van der Waals surface area contributed by atoms with Crippen LogP contribution in [-0.2, 0) is 17.8 Å². The molecule has 222 valence electrons. The highest BCUT2D eigenvalue weighted by molar-refractivity contribution is 5.97. The van der Waals surface area contributed by atoms with Gasteiger partial charge in [0.05, 0.1) is 30.8 Å². The van der Waals surface area contributed by atoms with E-state index < -0.39 is 0 Å². The highest BCUT2D eigenvalue weighted by Crippen LogP contribution is 2.35. The lowest BCUT2D eigenvalue weighted by molar-refractivity contribution is -0.128. The molecule has 2 fully saturated rings. The van der Waals surface area contributed by atoms with Gasteiger partial charge in [0.25, 0.3) is 5.91 Å². The number of carbonyl (C=O) groups is 2. The van der Waals surface area contributed by atoms with Crippen molar-refractivity contribution in [2.45, 2.75) is 32.4 Å². The zero-order chi connectivity index (χ0) is 30.1. The predicted octanol–water partition coefficient (Wildman–Crippen LogP) is 3.01. The third kappa shape index (κ3) is 5.53. The van der Waals surface area contributed by atoms with E-state index >= 15 is 0 Å². The van der Waals surface area contributed by atoms with Crippen LogP contribution in [0.5, 0.6) is 0 Å². The summed E-state index contributed by atoms with van der Waals surface area (Å²) < 4.78 is 0. The lowest BCUT2D eigenvalue weighted by Gasteiger charge is -2.42. The number of aromatic nitrogens is 2. The van der Waals surface area contributed by atoms with Crippen LogP contribution in [0.4, 0.5) is 11.5 Å². The fraction of sp³-hybridized carbons (Fsp3) is 0.424. The summed E-state index contributed by atoms with van der Waals surface area (Å²) >= 11 is 0. The first kappa shape index (κ1) is 28.6. The molecule has 0 aliphatic carbocycles. The molecule has 2 aromatic carbocycles. The molecule has 1 unspecified atom stereocenters. The first-order valence-electron chi connectivity index (χ1n) is 15.0. The normalized spacial score (nSPS) is 19.2. The number of likely N-dealkylation sites (N-methyl/N-ethyl adjacent to an activating group) is 1. The lowest BCUT2D eigenvalue weighted by Crippen LogP contribution is -2.55. The Morgan fingerprint density at radius 3 is 2.53 bits per heavy atom. The number of anilines is 2. The van der Waals surface area contributed by atoms with Crippen molar-refractivity contribution in [2.24, 2.45) is 0 Å². The number of nitriles is 1. The molecule has 0 N–H and O–H groups in total. The lowest BCUT2D eigenvalue weighted by atomic mass is 9.99. The highest BCUT2D eigenvalue weighted by Gasteiger charge is 2.34. The molecule has 10 nitrogen and oxygen atoms in total. The van der Waals surface area contributed by atoms with Crippen molar-refractivity contribution in [1.29, 1.82) is 5.26 Å². The second-order valence-electron chi connectivity index (χ2n) is 11.7. The fourth-order valence-electron chi connectivity index (χ4n) is 6.63. The average Bonchev–Trinajstić information content (AvgIpc) is 3.03. The molecular weight excluding hydrogens is 540 g/mol. The number of hydrogen-bond donors (Lipinski definition) is 0. The van der Waals surface area contributed by atoms with Crippen LogP contribution in [-0.4, -0.2) is 102 Å². The van der Waals surface area contributed by atoms with Crippen LogP contribution in [0.2, 0.25) is 0 Å². The SMILES string of the molecule is C=CC(=O)N1CCN(c2nc(C(=O)N3CCN(C)CC3)nc3c2CCN(c2cccc4cccc(C)c24)C3)CC1CC#N. The van der Waals surface area contributed by atoms with Crippen LogP contribution in [0.1, 0.15) is 33.9 Å². The standard InChI is InChI=1S/C33H38N8O2/c1-4-29(42)41-20-19-40(21-25(41)11-13-34)32-26-12-14-39(28-10-6-9-24-8-5-7-23(2)30(24)28)22-27(26)35-31(36-32)33(43)38-17-15-37(3)16-18-38/h4-10,25H,1,11-12,14-22H2,2-3H3. The van der Waals surface area contributed by atoms with Crippen molar-refractivity contribution in [2.75, 3.05) is 69.2 Å². The van der Waals surface area contributed by atoms with Crippen LogP contribution < -0.4 is 9.80 Å². The van der Waals surface area contributed by atoms with Crippen molar-refractivity contribution in [1.82, 2.24) is 24.7 Å². The molecule has 43 heavy (non-hydrogen) atoms. The van der Waals surface area contributed by atoms with Gasteiger partial charge in [0, 0.05) is 69.0 Å². The van der Waals surface area contributed by atoms with Gasteiger partial charge in [-0.3, -0.25) is 9.59 Å². The molecule has 3 aliphatic rings. The number of fused-ring (bicyclic) bond motifs is 2. The van der Waals surface area contributed by atoms with Crippen molar-refractivity contribution in [3.05, 3.63) is 71.7 Å². The minimum absolute atomic E-state index is 0.149. The Balaban J connectivity index is 1.38. The van der Waals surface area contributed by atoms with Gasteiger partial charge in [0.1, 0.15) is 5.82 Å².